The van der Waals surface area contributed by atoms with E-state index >= 15 is 0 Å². The molecule has 17 heteroatoms. The van der Waals surface area contributed by atoms with Crippen molar-refractivity contribution in [3.05, 3.63) is 120 Å². The summed E-state index contributed by atoms with van der Waals surface area (Å²) in [5.74, 6) is 0. The van der Waals surface area contributed by atoms with Crippen LogP contribution in [0, 0.1) is 11.3 Å². The third kappa shape index (κ3) is 18.2. The van der Waals surface area contributed by atoms with Crippen LogP contribution in [0.5, 0.6) is 0 Å². The molecule has 0 saturated carbocycles. The van der Waals surface area contributed by atoms with Crippen LogP contribution in [0.4, 0.5) is 34.5 Å². The molecule has 0 saturated heterocycles. The molecular formula is C24H22B2CuF8N6. The molecule has 4 aromatic heterocycles. The smallest absolute Gasteiger partial charge is 0.418 e. The quantitative estimate of drug-likeness (QED) is 0.185. The average molecular weight is 632 g/mol. The average Bonchev–Trinajstić information content (AvgIpc) is 2.90. The van der Waals surface area contributed by atoms with Crippen molar-refractivity contribution in [1.29, 1.82) is 5.26 Å². The minimum atomic E-state index is -6.00. The first-order chi connectivity index (χ1) is 18.8. The van der Waals surface area contributed by atoms with Gasteiger partial charge in [0.1, 0.15) is 0 Å². The number of nitrogens with zero attached hydrogens (tertiary/aromatic N) is 5. The predicted octanol–water partition coefficient (Wildman–Crippen LogP) is 6.86. The number of nitrogens with one attached hydrogen (secondary N) is 1. The molecular weight excluding hydrogens is 609 g/mol. The fourth-order valence-electron chi connectivity index (χ4n) is 3.00. The number of pyridine rings is 4. The second-order valence-electron chi connectivity index (χ2n) is 7.26. The molecule has 0 aliphatic heterocycles. The maximum Gasteiger partial charge on any atom is 2.00 e. The summed E-state index contributed by atoms with van der Waals surface area (Å²) in [5.41, 5.74) is 3.59. The molecule has 41 heavy (non-hydrogen) atoms. The Hall–Kier alpha value is -3.86. The largest absolute Gasteiger partial charge is 2.00 e. The zero-order chi connectivity index (χ0) is 30.0. The number of nitriles is 1. The van der Waals surface area contributed by atoms with E-state index in [2.05, 4.69) is 25.3 Å². The first-order valence-electron chi connectivity index (χ1n) is 11.3. The Morgan fingerprint density at radius 2 is 0.756 bits per heavy atom. The fraction of sp³-hybridized carbons (Fsp3) is 0.125. The normalized spacial score (nSPS) is 10.4. The third-order valence-corrected chi connectivity index (χ3v) is 4.27. The molecule has 1 N–H and O–H groups in total. The van der Waals surface area contributed by atoms with Gasteiger partial charge in [-0.25, -0.2) is 0 Å². The standard InChI is InChI=1S/C22H19N5.C2H3N.2BF4.Cu/c1-5-13-23-17(9-1)21(18-10-2-6-14-24-18)27-22(19-11-3-7-15-25-19)20-12-4-8-16-26-20;1-2-3;2*2-1(3,4)5;/h1-16,21-22,27H;1H3;;;/q;;2*-1;+2. The number of aromatic nitrogens is 4. The third-order valence-electron chi connectivity index (χ3n) is 4.27. The van der Waals surface area contributed by atoms with Crippen LogP contribution < -0.4 is 5.32 Å². The van der Waals surface area contributed by atoms with Gasteiger partial charge in [0.05, 0.1) is 40.9 Å². The summed E-state index contributed by atoms with van der Waals surface area (Å²) in [6, 6.07) is 24.9. The SMILES string of the molecule is CC#N.F[B-](F)(F)F.F[B-](F)(F)F.[Cu+2].c1ccc(C(NC(c2ccccn2)c2ccccn2)c2ccccn2)nc1. The molecule has 1 radical (unpaired) electrons. The van der Waals surface area contributed by atoms with Gasteiger partial charge in [0.15, 0.2) is 0 Å². The first kappa shape index (κ1) is 37.1. The Kier molecular flexibility index (Phi) is 17.4. The van der Waals surface area contributed by atoms with Crippen molar-refractivity contribution in [2.75, 3.05) is 0 Å². The maximum absolute atomic E-state index is 9.75. The maximum atomic E-state index is 9.75. The Morgan fingerprint density at radius 1 is 0.561 bits per heavy atom. The zero-order valence-corrected chi connectivity index (χ0v) is 22.0. The Bertz CT molecular complexity index is 1070. The van der Waals surface area contributed by atoms with Gasteiger partial charge in [-0.15, -0.1) is 0 Å². The minimum absolute atomic E-state index is 0. The van der Waals surface area contributed by atoms with Gasteiger partial charge in [0.25, 0.3) is 0 Å². The van der Waals surface area contributed by atoms with E-state index in [9.17, 15) is 34.5 Å². The van der Waals surface area contributed by atoms with Crippen molar-refractivity contribution in [3.8, 4) is 6.07 Å². The van der Waals surface area contributed by atoms with Crippen molar-refractivity contribution >= 4 is 14.5 Å². The van der Waals surface area contributed by atoms with Crippen molar-refractivity contribution in [2.45, 2.75) is 19.0 Å². The summed E-state index contributed by atoms with van der Waals surface area (Å²) >= 11 is 0. The van der Waals surface area contributed by atoms with Gasteiger partial charge >= 0.3 is 31.6 Å². The predicted molar refractivity (Wildman–Crippen MR) is 135 cm³/mol. The molecule has 6 nitrogen and oxygen atoms in total. The molecule has 4 rings (SSSR count). The summed E-state index contributed by atoms with van der Waals surface area (Å²) in [5, 5.41) is 11.0. The first-order valence-corrected chi connectivity index (χ1v) is 11.3. The zero-order valence-electron chi connectivity index (χ0n) is 21.1. The Labute approximate surface area is 242 Å². The molecule has 0 spiro atoms. The number of rotatable bonds is 6. The molecule has 0 atom stereocenters. The van der Waals surface area contributed by atoms with Gasteiger partial charge in [-0.3, -0.25) is 25.3 Å². The Morgan fingerprint density at radius 3 is 0.902 bits per heavy atom. The second kappa shape index (κ2) is 19.3. The number of halogens is 8. The molecule has 0 aliphatic carbocycles. The van der Waals surface area contributed by atoms with Crippen molar-refractivity contribution < 1.29 is 51.6 Å². The molecule has 4 heterocycles. The molecule has 0 amide bonds. The number of hydrogen-bond donors (Lipinski definition) is 1. The van der Waals surface area contributed by atoms with Gasteiger partial charge in [-0.1, -0.05) is 24.3 Å². The Balaban J connectivity index is 0.000000967. The van der Waals surface area contributed by atoms with Crippen LogP contribution in [-0.2, 0) is 17.1 Å². The van der Waals surface area contributed by atoms with Crippen LogP contribution in [0.3, 0.4) is 0 Å². The monoisotopic (exact) mass is 631 g/mol. The van der Waals surface area contributed by atoms with Gasteiger partial charge in [0.2, 0.25) is 0 Å². The van der Waals surface area contributed by atoms with Gasteiger partial charge in [0, 0.05) is 31.7 Å². The summed E-state index contributed by atoms with van der Waals surface area (Å²) in [6.07, 6.45) is 7.18. The summed E-state index contributed by atoms with van der Waals surface area (Å²) < 4.78 is 78.0. The summed E-state index contributed by atoms with van der Waals surface area (Å²) in [4.78, 5) is 18.2. The molecule has 0 aliphatic rings. The van der Waals surface area contributed by atoms with E-state index in [4.69, 9.17) is 5.26 Å². The van der Waals surface area contributed by atoms with Crippen LogP contribution in [0.2, 0.25) is 0 Å². The fourth-order valence-corrected chi connectivity index (χ4v) is 3.00. The second-order valence-corrected chi connectivity index (χ2v) is 7.26. The van der Waals surface area contributed by atoms with E-state index in [1.165, 1.54) is 6.92 Å². The van der Waals surface area contributed by atoms with E-state index in [-0.39, 0.29) is 29.2 Å². The molecule has 0 fully saturated rings. The van der Waals surface area contributed by atoms with Gasteiger partial charge in [-0.05, 0) is 48.5 Å². The number of hydrogen-bond acceptors (Lipinski definition) is 6. The molecule has 0 unspecified atom stereocenters. The minimum Gasteiger partial charge on any atom is -0.418 e. The van der Waals surface area contributed by atoms with Crippen LogP contribution in [0.15, 0.2) is 97.6 Å². The van der Waals surface area contributed by atoms with Crippen molar-refractivity contribution in [1.82, 2.24) is 25.3 Å². The van der Waals surface area contributed by atoms with Crippen LogP contribution >= 0.6 is 0 Å². The van der Waals surface area contributed by atoms with E-state index in [1.54, 1.807) is 30.9 Å². The van der Waals surface area contributed by atoms with Crippen LogP contribution in [-0.4, -0.2) is 34.4 Å². The van der Waals surface area contributed by atoms with E-state index in [0.29, 0.717) is 0 Å². The molecule has 0 aromatic carbocycles. The molecule has 0 bridgehead atoms. The van der Waals surface area contributed by atoms with E-state index in [1.807, 2.05) is 72.8 Å². The summed E-state index contributed by atoms with van der Waals surface area (Å²) in [7, 11) is -12.0. The van der Waals surface area contributed by atoms with Gasteiger partial charge < -0.3 is 34.5 Å². The molecule has 4 aromatic rings. The van der Waals surface area contributed by atoms with E-state index in [0.717, 1.165) is 22.8 Å². The molecule has 221 valence electrons. The topological polar surface area (TPSA) is 87.4 Å². The van der Waals surface area contributed by atoms with Gasteiger partial charge in [-0.2, -0.15) is 5.26 Å². The summed E-state index contributed by atoms with van der Waals surface area (Å²) in [6.45, 7) is 1.43. The van der Waals surface area contributed by atoms with Crippen LogP contribution in [0.25, 0.3) is 0 Å². The van der Waals surface area contributed by atoms with Crippen molar-refractivity contribution in [2.24, 2.45) is 0 Å². The van der Waals surface area contributed by atoms with Crippen molar-refractivity contribution in [3.63, 3.8) is 0 Å². The van der Waals surface area contributed by atoms with E-state index < -0.39 is 14.5 Å². The van der Waals surface area contributed by atoms with Crippen LogP contribution in [0.1, 0.15) is 41.8 Å².